The maximum absolute atomic E-state index is 12.5. The van der Waals surface area contributed by atoms with Crippen LogP contribution >= 0.6 is 0 Å². The largest absolute Gasteiger partial charge is 0.464 e. The van der Waals surface area contributed by atoms with Crippen molar-refractivity contribution < 1.29 is 9.21 Å². The lowest BCUT2D eigenvalue weighted by Gasteiger charge is -2.11. The van der Waals surface area contributed by atoms with Gasteiger partial charge in [-0.25, -0.2) is 4.98 Å². The molecule has 2 aromatic carbocycles. The standard InChI is InChI=1S/C22H21N3O2/c1-16-6-7-20-19(14-27-21(20)10-16)11-22(26)24-12-17-4-2-3-5-18(17)13-25-9-8-23-15-25/h2-10,14-15H,11-13H2,1H3,(H,24,26). The number of aryl methyl sites for hydroxylation is 1. The minimum Gasteiger partial charge on any atom is -0.464 e. The monoisotopic (exact) mass is 359 g/mol. The van der Waals surface area contributed by atoms with E-state index >= 15 is 0 Å². The Morgan fingerprint density at radius 1 is 1.15 bits per heavy atom. The van der Waals surface area contributed by atoms with Crippen LogP contribution in [0.4, 0.5) is 0 Å². The Morgan fingerprint density at radius 3 is 2.81 bits per heavy atom. The number of hydrogen-bond acceptors (Lipinski definition) is 3. The second-order valence-electron chi connectivity index (χ2n) is 6.72. The van der Waals surface area contributed by atoms with Crippen LogP contribution in [0, 0.1) is 6.92 Å². The second kappa shape index (κ2) is 7.50. The zero-order chi connectivity index (χ0) is 18.6. The maximum atomic E-state index is 12.5. The predicted octanol–water partition coefficient (Wildman–Crippen LogP) is 3.84. The highest BCUT2D eigenvalue weighted by Gasteiger charge is 2.11. The number of nitrogens with one attached hydrogen (secondary N) is 1. The minimum atomic E-state index is -0.0179. The molecular formula is C22H21N3O2. The van der Waals surface area contributed by atoms with Crippen LogP contribution in [0.2, 0.25) is 0 Å². The van der Waals surface area contributed by atoms with Crippen LogP contribution in [0.3, 0.4) is 0 Å². The fourth-order valence-electron chi connectivity index (χ4n) is 3.22. The first-order valence-corrected chi connectivity index (χ1v) is 8.95. The topological polar surface area (TPSA) is 60.1 Å². The first kappa shape index (κ1) is 17.1. The van der Waals surface area contributed by atoms with Gasteiger partial charge in [0.05, 0.1) is 19.0 Å². The van der Waals surface area contributed by atoms with E-state index in [1.54, 1.807) is 18.8 Å². The van der Waals surface area contributed by atoms with Gasteiger partial charge < -0.3 is 14.3 Å². The average molecular weight is 359 g/mol. The number of furan rings is 1. The van der Waals surface area contributed by atoms with E-state index in [1.165, 1.54) is 5.56 Å². The molecule has 0 aliphatic carbocycles. The van der Waals surface area contributed by atoms with Gasteiger partial charge in [-0.05, 0) is 29.7 Å². The van der Waals surface area contributed by atoms with Gasteiger partial charge >= 0.3 is 0 Å². The van der Waals surface area contributed by atoms with E-state index < -0.39 is 0 Å². The molecule has 5 nitrogen and oxygen atoms in total. The van der Waals surface area contributed by atoms with Gasteiger partial charge in [0, 0.05) is 36.4 Å². The van der Waals surface area contributed by atoms with Gasteiger partial charge in [-0.3, -0.25) is 4.79 Å². The van der Waals surface area contributed by atoms with Crippen LogP contribution in [-0.2, 0) is 24.3 Å². The lowest BCUT2D eigenvalue weighted by molar-refractivity contribution is -0.120. The number of fused-ring (bicyclic) bond motifs is 1. The Balaban J connectivity index is 1.42. The molecule has 0 fully saturated rings. The Labute approximate surface area is 157 Å². The molecule has 1 amide bonds. The third-order valence-electron chi connectivity index (χ3n) is 4.67. The number of carbonyl (C=O) groups is 1. The number of nitrogens with zero attached hydrogens (tertiary/aromatic N) is 2. The smallest absolute Gasteiger partial charge is 0.224 e. The zero-order valence-electron chi connectivity index (χ0n) is 15.2. The summed E-state index contributed by atoms with van der Waals surface area (Å²) in [6.45, 7) is 3.26. The van der Waals surface area contributed by atoms with Crippen molar-refractivity contribution in [2.75, 3.05) is 0 Å². The first-order chi connectivity index (χ1) is 13.2. The lowest BCUT2D eigenvalue weighted by Crippen LogP contribution is -2.25. The van der Waals surface area contributed by atoms with Crippen molar-refractivity contribution in [3.63, 3.8) is 0 Å². The Morgan fingerprint density at radius 2 is 2.00 bits per heavy atom. The number of rotatable bonds is 6. The van der Waals surface area contributed by atoms with Crippen molar-refractivity contribution in [1.82, 2.24) is 14.9 Å². The number of aromatic nitrogens is 2. The van der Waals surface area contributed by atoms with Crippen molar-refractivity contribution in [1.29, 1.82) is 0 Å². The second-order valence-corrected chi connectivity index (χ2v) is 6.72. The molecule has 136 valence electrons. The Hall–Kier alpha value is -3.34. The molecule has 0 spiro atoms. The fourth-order valence-corrected chi connectivity index (χ4v) is 3.22. The first-order valence-electron chi connectivity index (χ1n) is 8.95. The normalized spacial score (nSPS) is 11.0. The van der Waals surface area contributed by atoms with Crippen LogP contribution in [-0.4, -0.2) is 15.5 Å². The predicted molar refractivity (Wildman–Crippen MR) is 104 cm³/mol. The van der Waals surface area contributed by atoms with Crippen LogP contribution in [0.25, 0.3) is 11.0 Å². The van der Waals surface area contributed by atoms with Crippen LogP contribution in [0.15, 0.2) is 71.9 Å². The summed E-state index contributed by atoms with van der Waals surface area (Å²) in [5.74, 6) is -0.0179. The molecule has 0 aliphatic rings. The summed E-state index contributed by atoms with van der Waals surface area (Å²) in [5, 5.41) is 4.02. The van der Waals surface area contributed by atoms with E-state index in [-0.39, 0.29) is 5.91 Å². The lowest BCUT2D eigenvalue weighted by atomic mass is 10.1. The third kappa shape index (κ3) is 3.92. The van der Waals surface area contributed by atoms with Gasteiger partial charge in [-0.1, -0.05) is 36.4 Å². The van der Waals surface area contributed by atoms with Gasteiger partial charge in [0.25, 0.3) is 0 Å². The SMILES string of the molecule is Cc1ccc2c(CC(=O)NCc3ccccc3Cn3ccnc3)coc2c1. The highest BCUT2D eigenvalue weighted by Crippen LogP contribution is 2.22. The molecule has 4 rings (SSSR count). The molecule has 0 saturated carbocycles. The molecule has 0 saturated heterocycles. The summed E-state index contributed by atoms with van der Waals surface area (Å²) in [5.41, 5.74) is 5.15. The molecule has 27 heavy (non-hydrogen) atoms. The van der Waals surface area contributed by atoms with Crippen molar-refractivity contribution in [2.45, 2.75) is 26.4 Å². The van der Waals surface area contributed by atoms with E-state index in [2.05, 4.69) is 16.4 Å². The number of hydrogen-bond donors (Lipinski definition) is 1. The molecule has 0 atom stereocenters. The Kier molecular flexibility index (Phi) is 4.75. The Bertz CT molecular complexity index is 1060. The van der Waals surface area contributed by atoms with Crippen LogP contribution in [0.5, 0.6) is 0 Å². The molecule has 2 aromatic heterocycles. The third-order valence-corrected chi connectivity index (χ3v) is 4.67. The zero-order valence-corrected chi connectivity index (χ0v) is 15.2. The van der Waals surface area contributed by atoms with E-state index in [0.29, 0.717) is 13.0 Å². The van der Waals surface area contributed by atoms with E-state index in [4.69, 9.17) is 4.42 Å². The summed E-state index contributed by atoms with van der Waals surface area (Å²) in [6.07, 6.45) is 7.47. The van der Waals surface area contributed by atoms with Gasteiger partial charge in [0.15, 0.2) is 0 Å². The van der Waals surface area contributed by atoms with Gasteiger partial charge in [-0.2, -0.15) is 0 Å². The highest BCUT2D eigenvalue weighted by molar-refractivity contribution is 5.87. The molecule has 0 bridgehead atoms. The summed E-state index contributed by atoms with van der Waals surface area (Å²) < 4.78 is 7.60. The van der Waals surface area contributed by atoms with Crippen molar-refractivity contribution >= 4 is 16.9 Å². The summed E-state index contributed by atoms with van der Waals surface area (Å²) in [4.78, 5) is 16.5. The van der Waals surface area contributed by atoms with E-state index in [0.717, 1.165) is 34.2 Å². The highest BCUT2D eigenvalue weighted by atomic mass is 16.3. The summed E-state index contributed by atoms with van der Waals surface area (Å²) >= 11 is 0. The van der Waals surface area contributed by atoms with Crippen molar-refractivity contribution in [2.24, 2.45) is 0 Å². The number of imidazole rings is 1. The number of carbonyl (C=O) groups excluding carboxylic acids is 1. The average Bonchev–Trinajstić information content (AvgIpc) is 3.31. The molecule has 0 unspecified atom stereocenters. The molecule has 1 N–H and O–H groups in total. The van der Waals surface area contributed by atoms with E-state index in [1.807, 2.05) is 54.1 Å². The molecule has 0 radical (unpaired) electrons. The quantitative estimate of drug-likeness (QED) is 0.569. The molecule has 0 aliphatic heterocycles. The van der Waals surface area contributed by atoms with Crippen LogP contribution < -0.4 is 5.32 Å². The molecular weight excluding hydrogens is 338 g/mol. The van der Waals surface area contributed by atoms with Gasteiger partial charge in [-0.15, -0.1) is 0 Å². The number of benzene rings is 2. The fraction of sp³-hybridized carbons (Fsp3) is 0.182. The van der Waals surface area contributed by atoms with Crippen LogP contribution in [0.1, 0.15) is 22.3 Å². The summed E-state index contributed by atoms with van der Waals surface area (Å²) in [7, 11) is 0. The summed E-state index contributed by atoms with van der Waals surface area (Å²) in [6, 6.07) is 14.2. The molecule has 4 aromatic rings. The van der Waals surface area contributed by atoms with Crippen molar-refractivity contribution in [3.05, 3.63) is 89.7 Å². The molecule has 5 heteroatoms. The van der Waals surface area contributed by atoms with Gasteiger partial charge in [0.2, 0.25) is 5.91 Å². The minimum absolute atomic E-state index is 0.0179. The maximum Gasteiger partial charge on any atom is 0.224 e. The van der Waals surface area contributed by atoms with Gasteiger partial charge in [0.1, 0.15) is 5.58 Å². The number of amides is 1. The van der Waals surface area contributed by atoms with Crippen molar-refractivity contribution in [3.8, 4) is 0 Å². The molecule has 2 heterocycles. The van der Waals surface area contributed by atoms with E-state index in [9.17, 15) is 4.79 Å².